The summed E-state index contributed by atoms with van der Waals surface area (Å²) in [5, 5.41) is 34.3. The molecule has 1 fully saturated rings. The van der Waals surface area contributed by atoms with Gasteiger partial charge in [-0.3, -0.25) is 10.1 Å². The monoisotopic (exact) mass is 239 g/mol. The van der Waals surface area contributed by atoms with Gasteiger partial charge in [0.2, 0.25) is 5.75 Å². The Kier molecular flexibility index (Phi) is 2.47. The maximum absolute atomic E-state index is 10.9. The summed E-state index contributed by atoms with van der Waals surface area (Å²) in [5.41, 5.74) is -0.244. The Balaban J connectivity index is 2.42. The van der Waals surface area contributed by atoms with Crippen molar-refractivity contribution in [3.05, 3.63) is 27.8 Å². The number of nitrogens with one attached hydrogen (secondary N) is 2. The third-order valence-electron chi connectivity index (χ3n) is 2.46. The molecule has 1 aromatic rings. The number of nitro groups is 1. The van der Waals surface area contributed by atoms with Crippen LogP contribution in [0.15, 0.2) is 12.1 Å². The zero-order valence-electron chi connectivity index (χ0n) is 8.51. The van der Waals surface area contributed by atoms with Crippen LogP contribution in [0.3, 0.4) is 0 Å². The Morgan fingerprint density at radius 1 is 1.41 bits per heavy atom. The third-order valence-corrected chi connectivity index (χ3v) is 2.46. The molecule has 17 heavy (non-hydrogen) atoms. The highest BCUT2D eigenvalue weighted by molar-refractivity contribution is 5.77. The second-order valence-corrected chi connectivity index (χ2v) is 3.57. The molecular formula is C9H9N3O5. The van der Waals surface area contributed by atoms with Crippen LogP contribution in [0, 0.1) is 10.1 Å². The third kappa shape index (κ3) is 1.92. The summed E-state index contributed by atoms with van der Waals surface area (Å²) < 4.78 is 0. The number of nitro benzene ring substituents is 1. The Labute approximate surface area is 95.0 Å². The zero-order chi connectivity index (χ0) is 12.6. The summed E-state index contributed by atoms with van der Waals surface area (Å²) in [7, 11) is 0. The highest BCUT2D eigenvalue weighted by Gasteiger charge is 2.26. The van der Waals surface area contributed by atoms with Crippen molar-refractivity contribution >= 4 is 11.7 Å². The van der Waals surface area contributed by atoms with Crippen LogP contribution in [0.5, 0.6) is 11.5 Å². The lowest BCUT2D eigenvalue weighted by Crippen LogP contribution is -2.21. The minimum absolute atomic E-state index is 0.264. The van der Waals surface area contributed by atoms with E-state index in [-0.39, 0.29) is 12.6 Å². The number of amides is 2. The molecule has 1 aliphatic heterocycles. The Morgan fingerprint density at radius 2 is 2.12 bits per heavy atom. The minimum atomic E-state index is -0.803. The topological polar surface area (TPSA) is 125 Å². The van der Waals surface area contributed by atoms with Crippen LogP contribution >= 0.6 is 0 Å². The molecule has 2 rings (SSSR count). The molecule has 2 amide bonds. The van der Waals surface area contributed by atoms with Crippen molar-refractivity contribution in [3.8, 4) is 11.5 Å². The second-order valence-electron chi connectivity index (χ2n) is 3.57. The smallest absolute Gasteiger partial charge is 0.315 e. The standard InChI is InChI=1S/C9H9N3O5/c13-7-2-4(5-3-10-9(15)11-5)1-6(8(7)14)12(16)17/h1-2,5,13-14H,3H2,(H2,10,11,15)/t5-/m0/s1. The van der Waals surface area contributed by atoms with Gasteiger partial charge in [-0.05, 0) is 11.6 Å². The van der Waals surface area contributed by atoms with Crippen molar-refractivity contribution in [2.24, 2.45) is 0 Å². The van der Waals surface area contributed by atoms with Gasteiger partial charge in [0.25, 0.3) is 0 Å². The molecule has 0 saturated carbocycles. The largest absolute Gasteiger partial charge is 0.504 e. The van der Waals surface area contributed by atoms with Gasteiger partial charge >= 0.3 is 11.7 Å². The highest BCUT2D eigenvalue weighted by atomic mass is 16.6. The lowest BCUT2D eigenvalue weighted by atomic mass is 10.1. The molecule has 8 nitrogen and oxygen atoms in total. The van der Waals surface area contributed by atoms with Crippen LogP contribution in [0.2, 0.25) is 0 Å². The van der Waals surface area contributed by atoms with Crippen LogP contribution < -0.4 is 10.6 Å². The first-order chi connectivity index (χ1) is 7.99. The summed E-state index contributed by atoms with van der Waals surface area (Å²) in [6.45, 7) is 0.264. The fraction of sp³-hybridized carbons (Fsp3) is 0.222. The van der Waals surface area contributed by atoms with Crippen LogP contribution in [-0.4, -0.2) is 27.7 Å². The van der Waals surface area contributed by atoms with E-state index in [9.17, 15) is 25.1 Å². The number of urea groups is 1. The Morgan fingerprint density at radius 3 is 2.65 bits per heavy atom. The van der Waals surface area contributed by atoms with Gasteiger partial charge in [-0.2, -0.15) is 0 Å². The van der Waals surface area contributed by atoms with Crippen molar-refractivity contribution in [3.63, 3.8) is 0 Å². The zero-order valence-corrected chi connectivity index (χ0v) is 8.51. The summed E-state index contributed by atoms with van der Waals surface area (Å²) in [6.07, 6.45) is 0. The van der Waals surface area contributed by atoms with E-state index >= 15 is 0 Å². The van der Waals surface area contributed by atoms with Crippen molar-refractivity contribution in [2.45, 2.75) is 6.04 Å². The summed E-state index contributed by atoms with van der Waals surface area (Å²) in [5.74, 6) is -1.37. The van der Waals surface area contributed by atoms with Gasteiger partial charge < -0.3 is 20.8 Å². The molecule has 1 aliphatic rings. The molecule has 0 spiro atoms. The molecule has 1 aromatic carbocycles. The number of hydrogen-bond acceptors (Lipinski definition) is 5. The van der Waals surface area contributed by atoms with Gasteiger partial charge in [0.1, 0.15) is 0 Å². The number of benzene rings is 1. The molecular weight excluding hydrogens is 230 g/mol. The SMILES string of the molecule is O=C1NC[C@@H](c2cc(O)c(O)c([N+](=O)[O-])c2)N1. The highest BCUT2D eigenvalue weighted by Crippen LogP contribution is 2.37. The van der Waals surface area contributed by atoms with E-state index in [2.05, 4.69) is 10.6 Å². The molecule has 4 N–H and O–H groups in total. The summed E-state index contributed by atoms with van der Waals surface area (Å²) >= 11 is 0. The first kappa shape index (κ1) is 11.0. The number of carbonyl (C=O) groups is 1. The maximum atomic E-state index is 10.9. The van der Waals surface area contributed by atoms with Gasteiger partial charge in [-0.15, -0.1) is 0 Å². The van der Waals surface area contributed by atoms with E-state index < -0.39 is 28.2 Å². The lowest BCUT2D eigenvalue weighted by molar-refractivity contribution is -0.386. The molecule has 0 aromatic heterocycles. The molecule has 0 unspecified atom stereocenters. The predicted octanol–water partition coefficient (Wildman–Crippen LogP) is 0.360. The normalized spacial score (nSPS) is 18.6. The van der Waals surface area contributed by atoms with E-state index in [4.69, 9.17) is 0 Å². The number of phenols is 2. The maximum Gasteiger partial charge on any atom is 0.315 e. The summed E-state index contributed by atoms with van der Waals surface area (Å²) in [4.78, 5) is 20.8. The van der Waals surface area contributed by atoms with Gasteiger partial charge in [0.05, 0.1) is 11.0 Å². The molecule has 90 valence electrons. The van der Waals surface area contributed by atoms with Gasteiger partial charge in [-0.1, -0.05) is 0 Å². The number of aromatic hydroxyl groups is 2. The Hall–Kier alpha value is -2.51. The lowest BCUT2D eigenvalue weighted by Gasteiger charge is -2.10. The van der Waals surface area contributed by atoms with E-state index in [1.165, 1.54) is 6.07 Å². The van der Waals surface area contributed by atoms with E-state index in [0.717, 1.165) is 6.07 Å². The van der Waals surface area contributed by atoms with E-state index in [1.807, 2.05) is 0 Å². The van der Waals surface area contributed by atoms with Crippen LogP contribution in [-0.2, 0) is 0 Å². The van der Waals surface area contributed by atoms with Gasteiger partial charge in [-0.25, -0.2) is 4.79 Å². The number of rotatable bonds is 2. The van der Waals surface area contributed by atoms with Crippen molar-refractivity contribution in [2.75, 3.05) is 6.54 Å². The molecule has 1 saturated heterocycles. The fourth-order valence-electron chi connectivity index (χ4n) is 1.62. The molecule has 0 aliphatic carbocycles. The average molecular weight is 239 g/mol. The molecule has 8 heteroatoms. The number of nitrogens with zero attached hydrogens (tertiary/aromatic N) is 1. The van der Waals surface area contributed by atoms with Crippen LogP contribution in [0.4, 0.5) is 10.5 Å². The number of hydrogen-bond donors (Lipinski definition) is 4. The van der Waals surface area contributed by atoms with Gasteiger partial charge in [0.15, 0.2) is 5.75 Å². The van der Waals surface area contributed by atoms with Crippen molar-refractivity contribution in [1.29, 1.82) is 0 Å². The number of phenolic OH excluding ortho intramolecular Hbond substituents is 2. The molecule has 1 atom stereocenters. The van der Waals surface area contributed by atoms with Crippen LogP contribution in [0.1, 0.15) is 11.6 Å². The van der Waals surface area contributed by atoms with E-state index in [0.29, 0.717) is 5.56 Å². The summed E-state index contributed by atoms with van der Waals surface area (Å²) in [6, 6.07) is 1.45. The molecule has 0 bridgehead atoms. The predicted molar refractivity (Wildman–Crippen MR) is 55.7 cm³/mol. The van der Waals surface area contributed by atoms with Gasteiger partial charge in [0, 0.05) is 12.6 Å². The minimum Gasteiger partial charge on any atom is -0.504 e. The van der Waals surface area contributed by atoms with Crippen molar-refractivity contribution in [1.82, 2.24) is 10.6 Å². The second kappa shape index (κ2) is 3.81. The molecule has 0 radical (unpaired) electrons. The first-order valence-corrected chi connectivity index (χ1v) is 4.73. The quantitative estimate of drug-likeness (QED) is 0.337. The molecule has 1 heterocycles. The fourth-order valence-corrected chi connectivity index (χ4v) is 1.62. The number of carbonyl (C=O) groups excluding carboxylic acids is 1. The van der Waals surface area contributed by atoms with Crippen LogP contribution in [0.25, 0.3) is 0 Å². The van der Waals surface area contributed by atoms with Crippen molar-refractivity contribution < 1.29 is 19.9 Å². The average Bonchev–Trinajstić information content (AvgIpc) is 2.68. The Bertz CT molecular complexity index is 502. The first-order valence-electron chi connectivity index (χ1n) is 4.73. The van der Waals surface area contributed by atoms with E-state index in [1.54, 1.807) is 0 Å².